The number of halogens is 1. The molecule has 1 heterocycles. The first kappa shape index (κ1) is 24.1. The smallest absolute Gasteiger partial charge is 0.327 e. The van der Waals surface area contributed by atoms with Crippen LogP contribution >= 0.6 is 22.9 Å². The number of aliphatic hydroxyl groups is 1. The zero-order valence-corrected chi connectivity index (χ0v) is 19.4. The average molecular weight is 497 g/mol. The first-order valence-electron chi connectivity index (χ1n) is 9.49. The van der Waals surface area contributed by atoms with E-state index in [2.05, 4.69) is 15.6 Å². The minimum absolute atomic E-state index is 0.0449. The molecule has 1 aromatic heterocycles. The van der Waals surface area contributed by atoms with Crippen molar-refractivity contribution in [2.75, 3.05) is 37.8 Å². The van der Waals surface area contributed by atoms with Gasteiger partial charge in [0.15, 0.2) is 15.0 Å². The van der Waals surface area contributed by atoms with E-state index >= 15 is 0 Å². The molecule has 3 rings (SSSR count). The summed E-state index contributed by atoms with van der Waals surface area (Å²) in [5.41, 5.74) is 0.673. The van der Waals surface area contributed by atoms with E-state index < -0.39 is 21.8 Å². The Hall–Kier alpha value is -2.57. The molecule has 170 valence electrons. The number of imide groups is 1. The molecule has 0 bridgehead atoms. The van der Waals surface area contributed by atoms with Crippen LogP contribution in [-0.2, 0) is 9.84 Å². The van der Waals surface area contributed by atoms with E-state index in [4.69, 9.17) is 16.7 Å². The average Bonchev–Trinajstić information content (AvgIpc) is 3.14. The molecule has 0 aliphatic carbocycles. The summed E-state index contributed by atoms with van der Waals surface area (Å²) in [5.74, 6) is -0.750. The molecule has 0 atom stereocenters. The Bertz CT molecular complexity index is 1250. The Morgan fingerprint density at radius 2 is 1.94 bits per heavy atom. The molecule has 0 spiro atoms. The van der Waals surface area contributed by atoms with Gasteiger partial charge >= 0.3 is 6.03 Å². The summed E-state index contributed by atoms with van der Waals surface area (Å²) in [6, 6.07) is 10.1. The minimum atomic E-state index is -3.53. The third-order valence-corrected chi connectivity index (χ3v) is 7.46. The van der Waals surface area contributed by atoms with Crippen LogP contribution in [0.2, 0.25) is 5.02 Å². The fourth-order valence-electron chi connectivity index (χ4n) is 2.77. The molecule has 0 aliphatic heterocycles. The minimum Gasteiger partial charge on any atom is -0.395 e. The van der Waals surface area contributed by atoms with Crippen molar-refractivity contribution in [3.63, 3.8) is 0 Å². The van der Waals surface area contributed by atoms with Crippen LogP contribution < -0.4 is 10.6 Å². The zero-order chi connectivity index (χ0) is 23.3. The first-order valence-corrected chi connectivity index (χ1v) is 12.3. The lowest BCUT2D eigenvalue weighted by atomic mass is 10.2. The van der Waals surface area contributed by atoms with E-state index in [1.807, 2.05) is 0 Å². The number of hydrogen-bond donors (Lipinski definition) is 3. The molecule has 0 saturated carbocycles. The molecule has 0 unspecified atom stereocenters. The molecule has 3 N–H and O–H groups in total. The molecule has 9 nitrogen and oxygen atoms in total. The lowest BCUT2D eigenvalue weighted by molar-refractivity contribution is 0.0967. The summed E-state index contributed by atoms with van der Waals surface area (Å²) in [6.45, 7) is 0.631. The number of benzene rings is 2. The molecule has 32 heavy (non-hydrogen) atoms. The number of sulfone groups is 1. The van der Waals surface area contributed by atoms with Crippen molar-refractivity contribution in [2.45, 2.75) is 4.90 Å². The summed E-state index contributed by atoms with van der Waals surface area (Å²) >= 11 is 7.04. The van der Waals surface area contributed by atoms with Gasteiger partial charge in [-0.1, -0.05) is 35.1 Å². The number of aromatic nitrogens is 1. The molecule has 3 amide bonds. The van der Waals surface area contributed by atoms with Crippen LogP contribution in [0, 0.1) is 0 Å². The fourth-order valence-corrected chi connectivity index (χ4v) is 5.33. The molecular weight excluding hydrogens is 476 g/mol. The van der Waals surface area contributed by atoms with Crippen molar-refractivity contribution in [1.82, 2.24) is 15.2 Å². The van der Waals surface area contributed by atoms with Crippen LogP contribution in [0.5, 0.6) is 0 Å². The zero-order valence-electron chi connectivity index (χ0n) is 17.0. The number of thiazole rings is 1. The van der Waals surface area contributed by atoms with Gasteiger partial charge in [-0.15, -0.1) is 0 Å². The number of fused-ring (bicyclic) bond motifs is 1. The molecule has 3 aromatic rings. The normalized spacial score (nSPS) is 11.6. The number of urea groups is 1. The lowest BCUT2D eigenvalue weighted by Crippen LogP contribution is -2.34. The predicted molar refractivity (Wildman–Crippen MR) is 124 cm³/mol. The maximum atomic E-state index is 12.6. The molecule has 0 radical (unpaired) electrons. The van der Waals surface area contributed by atoms with Crippen LogP contribution in [0.1, 0.15) is 10.4 Å². The van der Waals surface area contributed by atoms with Gasteiger partial charge in [0, 0.05) is 13.1 Å². The predicted octanol–water partition coefficient (Wildman–Crippen LogP) is 2.61. The summed E-state index contributed by atoms with van der Waals surface area (Å²) in [7, 11) is -1.80. The van der Waals surface area contributed by atoms with Crippen LogP contribution in [0.25, 0.3) is 10.2 Å². The highest BCUT2D eigenvalue weighted by molar-refractivity contribution is 7.91. The molecule has 0 saturated heterocycles. The number of amides is 3. The maximum Gasteiger partial charge on any atom is 0.327 e. The van der Waals surface area contributed by atoms with Gasteiger partial charge in [0.05, 0.1) is 38.1 Å². The van der Waals surface area contributed by atoms with E-state index in [-0.39, 0.29) is 39.5 Å². The van der Waals surface area contributed by atoms with Gasteiger partial charge in [0.25, 0.3) is 5.91 Å². The van der Waals surface area contributed by atoms with Gasteiger partial charge in [0.2, 0.25) is 0 Å². The second-order valence-electron chi connectivity index (χ2n) is 6.88. The molecular formula is C20H21ClN4O5S2. The number of carbonyl (C=O) groups excluding carboxylic acids is 2. The maximum absolute atomic E-state index is 12.6. The Morgan fingerprint density at radius 1 is 1.19 bits per heavy atom. The quantitative estimate of drug-likeness (QED) is 0.437. The van der Waals surface area contributed by atoms with Crippen molar-refractivity contribution < 1.29 is 23.1 Å². The van der Waals surface area contributed by atoms with E-state index in [0.717, 1.165) is 11.3 Å². The van der Waals surface area contributed by atoms with Crippen molar-refractivity contribution in [3.8, 4) is 0 Å². The number of hydrogen-bond acceptors (Lipinski definition) is 8. The van der Waals surface area contributed by atoms with E-state index in [0.29, 0.717) is 16.8 Å². The summed E-state index contributed by atoms with van der Waals surface area (Å²) < 4.78 is 25.8. The van der Waals surface area contributed by atoms with Crippen LogP contribution in [0.4, 0.5) is 9.93 Å². The van der Waals surface area contributed by atoms with E-state index in [9.17, 15) is 18.0 Å². The summed E-state index contributed by atoms with van der Waals surface area (Å²) in [5, 5.41) is 14.0. The Kier molecular flexibility index (Phi) is 7.80. The van der Waals surface area contributed by atoms with Crippen molar-refractivity contribution in [3.05, 3.63) is 53.1 Å². The third kappa shape index (κ3) is 6.02. The molecule has 0 fully saturated rings. The van der Waals surface area contributed by atoms with Gasteiger partial charge in [0.1, 0.15) is 0 Å². The molecule has 2 aromatic carbocycles. The molecule has 0 aliphatic rings. The number of nitrogens with zero attached hydrogens (tertiary/aromatic N) is 2. The van der Waals surface area contributed by atoms with Gasteiger partial charge in [-0.3, -0.25) is 15.4 Å². The second-order valence-corrected chi connectivity index (χ2v) is 10.4. The topological polar surface area (TPSA) is 129 Å². The Morgan fingerprint density at radius 3 is 2.66 bits per heavy atom. The summed E-state index contributed by atoms with van der Waals surface area (Å²) in [6.07, 6.45) is 0. The van der Waals surface area contributed by atoms with Crippen LogP contribution in [0.15, 0.2) is 47.4 Å². The Balaban J connectivity index is 1.68. The highest BCUT2D eigenvalue weighted by atomic mass is 35.5. The summed E-state index contributed by atoms with van der Waals surface area (Å²) in [4.78, 5) is 30.5. The number of likely N-dealkylation sites (N-methyl/N-ethyl adjacent to an activating group) is 1. The van der Waals surface area contributed by atoms with Crippen LogP contribution in [0.3, 0.4) is 0 Å². The number of nitrogens with one attached hydrogen (secondary N) is 2. The largest absolute Gasteiger partial charge is 0.395 e. The Labute approximate surface area is 193 Å². The number of rotatable bonds is 8. The standard InChI is InChI=1S/C20H21ClN4O5S2/c1-25(8-10-26)9-11-32(29,30)13-6-7-16-17(12-13)31-20(22-16)24-19(28)23-18(27)14-4-2-3-5-15(14)21/h2-7,12,26H,8-11H2,1H3,(H2,22,23,24,27,28). The monoisotopic (exact) mass is 496 g/mol. The number of carbonyl (C=O) groups is 2. The van der Waals surface area contributed by atoms with Gasteiger partial charge in [-0.2, -0.15) is 0 Å². The molecule has 12 heteroatoms. The second kappa shape index (κ2) is 10.4. The first-order chi connectivity index (χ1) is 15.2. The van der Waals surface area contributed by atoms with Gasteiger partial charge < -0.3 is 10.0 Å². The highest BCUT2D eigenvalue weighted by Gasteiger charge is 2.18. The van der Waals surface area contributed by atoms with E-state index in [1.165, 1.54) is 24.3 Å². The number of aliphatic hydroxyl groups excluding tert-OH is 1. The van der Waals surface area contributed by atoms with Crippen LogP contribution in [-0.4, -0.2) is 67.8 Å². The lowest BCUT2D eigenvalue weighted by Gasteiger charge is -2.14. The van der Waals surface area contributed by atoms with Crippen molar-refractivity contribution in [2.24, 2.45) is 0 Å². The SMILES string of the molecule is CN(CCO)CCS(=O)(=O)c1ccc2nc(NC(=O)NC(=O)c3ccccc3Cl)sc2c1. The number of anilines is 1. The van der Waals surface area contributed by atoms with Crippen molar-refractivity contribution >= 4 is 60.1 Å². The van der Waals surface area contributed by atoms with Gasteiger partial charge in [-0.25, -0.2) is 18.2 Å². The fraction of sp³-hybridized carbons (Fsp3) is 0.250. The highest BCUT2D eigenvalue weighted by Crippen LogP contribution is 2.28. The van der Waals surface area contributed by atoms with E-state index in [1.54, 1.807) is 30.1 Å². The van der Waals surface area contributed by atoms with Gasteiger partial charge in [-0.05, 0) is 37.4 Å². The van der Waals surface area contributed by atoms with Crippen molar-refractivity contribution in [1.29, 1.82) is 0 Å². The third-order valence-electron chi connectivity index (χ3n) is 4.51.